The highest BCUT2D eigenvalue weighted by molar-refractivity contribution is 6.81. The SMILES string of the molecule is C=CC[C@@H](CC(=C)[C@H](C)C1OC(=O)C1[Si](C)(C)C)O[Si](C)(C)C(C)(C)C. The maximum atomic E-state index is 12.0. The summed E-state index contributed by atoms with van der Waals surface area (Å²) in [6.45, 7) is 28.4. The van der Waals surface area contributed by atoms with Crippen LogP contribution in [0.15, 0.2) is 24.8 Å². The number of cyclic esters (lactones) is 1. The third-order valence-electron chi connectivity index (χ3n) is 6.09. The molecule has 0 aliphatic carbocycles. The van der Waals surface area contributed by atoms with Crippen molar-refractivity contribution in [3.63, 3.8) is 0 Å². The van der Waals surface area contributed by atoms with Gasteiger partial charge in [0.2, 0.25) is 0 Å². The van der Waals surface area contributed by atoms with Crippen LogP contribution in [-0.4, -0.2) is 34.6 Å². The predicted octanol–water partition coefficient (Wildman–Crippen LogP) is 6.17. The molecule has 1 fully saturated rings. The van der Waals surface area contributed by atoms with Gasteiger partial charge in [-0.15, -0.1) is 6.58 Å². The largest absolute Gasteiger partial charge is 0.461 e. The van der Waals surface area contributed by atoms with E-state index in [-0.39, 0.29) is 34.7 Å². The van der Waals surface area contributed by atoms with Crippen molar-refractivity contribution < 1.29 is 14.0 Å². The third-order valence-corrected chi connectivity index (χ3v) is 13.1. The molecule has 4 atom stereocenters. The lowest BCUT2D eigenvalue weighted by Crippen LogP contribution is -2.55. The molecule has 0 radical (unpaired) electrons. The quantitative estimate of drug-likeness (QED) is 0.265. The van der Waals surface area contributed by atoms with Crippen LogP contribution in [0.3, 0.4) is 0 Å². The Labute approximate surface area is 163 Å². The van der Waals surface area contributed by atoms with E-state index in [1.54, 1.807) is 0 Å². The molecule has 0 N–H and O–H groups in total. The number of esters is 1. The molecule has 0 aromatic heterocycles. The molecule has 150 valence electrons. The summed E-state index contributed by atoms with van der Waals surface area (Å²) in [7, 11) is -3.43. The molecule has 0 spiro atoms. The Morgan fingerprint density at radius 1 is 1.27 bits per heavy atom. The minimum Gasteiger partial charge on any atom is -0.461 e. The first-order valence-corrected chi connectivity index (χ1v) is 16.3. The van der Waals surface area contributed by atoms with Gasteiger partial charge in [-0.2, -0.15) is 0 Å². The summed E-state index contributed by atoms with van der Waals surface area (Å²) in [4.78, 5) is 12.0. The van der Waals surface area contributed by atoms with E-state index in [1.165, 1.54) is 0 Å². The summed E-state index contributed by atoms with van der Waals surface area (Å²) in [5.74, 6) is 0.147. The van der Waals surface area contributed by atoms with Gasteiger partial charge < -0.3 is 9.16 Å². The predicted molar refractivity (Wildman–Crippen MR) is 117 cm³/mol. The van der Waals surface area contributed by atoms with E-state index in [9.17, 15) is 4.79 Å². The molecule has 1 saturated heterocycles. The van der Waals surface area contributed by atoms with Crippen LogP contribution < -0.4 is 0 Å². The van der Waals surface area contributed by atoms with Gasteiger partial charge in [-0.1, -0.05) is 65.6 Å². The fraction of sp³-hybridized carbons (Fsp3) is 0.762. The monoisotopic (exact) mass is 396 g/mol. The first-order chi connectivity index (χ1) is 11.6. The van der Waals surface area contributed by atoms with Gasteiger partial charge in [0.15, 0.2) is 8.32 Å². The maximum Gasteiger partial charge on any atom is 0.310 e. The second kappa shape index (κ2) is 8.15. The molecular formula is C21H40O3Si2. The van der Waals surface area contributed by atoms with E-state index >= 15 is 0 Å². The average Bonchev–Trinajstić information content (AvgIpc) is 2.40. The molecule has 1 aliphatic rings. The molecule has 0 saturated carbocycles. The number of carbonyl (C=O) groups is 1. The summed E-state index contributed by atoms with van der Waals surface area (Å²) in [5, 5.41) is 0.172. The van der Waals surface area contributed by atoms with Crippen molar-refractivity contribution in [3.05, 3.63) is 24.8 Å². The van der Waals surface area contributed by atoms with Crippen LogP contribution in [0.1, 0.15) is 40.5 Å². The second-order valence-corrected chi connectivity index (χ2v) is 20.5. The van der Waals surface area contributed by atoms with Crippen LogP contribution in [0, 0.1) is 5.92 Å². The van der Waals surface area contributed by atoms with Gasteiger partial charge in [0, 0.05) is 5.92 Å². The summed E-state index contributed by atoms with van der Waals surface area (Å²) >= 11 is 0. The lowest BCUT2D eigenvalue weighted by Gasteiger charge is -2.45. The van der Waals surface area contributed by atoms with Gasteiger partial charge in [-0.3, -0.25) is 4.79 Å². The summed E-state index contributed by atoms with van der Waals surface area (Å²) in [6.07, 6.45) is 3.64. The Balaban J connectivity index is 2.82. The van der Waals surface area contributed by atoms with E-state index in [0.717, 1.165) is 18.4 Å². The summed E-state index contributed by atoms with van der Waals surface area (Å²) < 4.78 is 12.2. The Morgan fingerprint density at radius 3 is 2.19 bits per heavy atom. The van der Waals surface area contributed by atoms with Crippen molar-refractivity contribution in [1.82, 2.24) is 0 Å². The summed E-state index contributed by atoms with van der Waals surface area (Å²) in [6, 6.07) is 0. The van der Waals surface area contributed by atoms with Crippen molar-refractivity contribution in [2.45, 2.75) is 96.1 Å². The smallest absolute Gasteiger partial charge is 0.310 e. The minimum atomic E-state index is -1.85. The molecule has 0 aromatic carbocycles. The minimum absolute atomic E-state index is 0.0149. The number of carbonyl (C=O) groups excluding carboxylic acids is 1. The van der Waals surface area contributed by atoms with Crippen molar-refractivity contribution in [3.8, 4) is 0 Å². The molecule has 0 aromatic rings. The fourth-order valence-corrected chi connectivity index (χ4v) is 6.72. The zero-order valence-corrected chi connectivity index (χ0v) is 20.4. The highest BCUT2D eigenvalue weighted by Gasteiger charge is 2.52. The van der Waals surface area contributed by atoms with E-state index in [2.05, 4.69) is 73.6 Å². The summed E-state index contributed by atoms with van der Waals surface area (Å²) in [5.41, 5.74) is 1.20. The normalized spacial score (nSPS) is 23.7. The maximum absolute atomic E-state index is 12.0. The molecule has 5 heteroatoms. The molecule has 26 heavy (non-hydrogen) atoms. The van der Waals surface area contributed by atoms with E-state index in [1.807, 2.05) is 6.08 Å². The Bertz CT molecular complexity index is 540. The van der Waals surface area contributed by atoms with Crippen LogP contribution in [0.25, 0.3) is 0 Å². The Hall–Kier alpha value is -0.656. The van der Waals surface area contributed by atoms with Gasteiger partial charge in [0.05, 0.1) is 19.7 Å². The van der Waals surface area contributed by atoms with Crippen molar-refractivity contribution in [2.24, 2.45) is 5.92 Å². The van der Waals surface area contributed by atoms with Gasteiger partial charge in [-0.25, -0.2) is 0 Å². The lowest BCUT2D eigenvalue weighted by atomic mass is 9.87. The zero-order chi connectivity index (χ0) is 20.5. The zero-order valence-electron chi connectivity index (χ0n) is 18.4. The Morgan fingerprint density at radius 2 is 1.81 bits per heavy atom. The highest BCUT2D eigenvalue weighted by atomic mass is 28.4. The van der Waals surface area contributed by atoms with Gasteiger partial charge >= 0.3 is 5.97 Å². The molecule has 3 nitrogen and oxygen atoms in total. The van der Waals surface area contributed by atoms with Crippen molar-refractivity contribution >= 4 is 22.4 Å². The molecule has 0 bridgehead atoms. The number of hydrogen-bond donors (Lipinski definition) is 0. The molecule has 1 rings (SSSR count). The third kappa shape index (κ3) is 5.43. The van der Waals surface area contributed by atoms with Crippen LogP contribution in [0.2, 0.25) is 43.3 Å². The lowest BCUT2D eigenvalue weighted by molar-refractivity contribution is -0.173. The van der Waals surface area contributed by atoms with Gasteiger partial charge in [0.1, 0.15) is 6.10 Å². The van der Waals surface area contributed by atoms with Crippen molar-refractivity contribution in [1.29, 1.82) is 0 Å². The molecule has 0 amide bonds. The fourth-order valence-electron chi connectivity index (χ4n) is 3.24. The second-order valence-electron chi connectivity index (χ2n) is 10.4. The first-order valence-electron chi connectivity index (χ1n) is 9.78. The highest BCUT2D eigenvalue weighted by Crippen LogP contribution is 2.44. The topological polar surface area (TPSA) is 35.5 Å². The standard InChI is InChI=1S/C21H40O3Si2/c1-12-13-17(24-26(10,11)21(4,5)6)14-15(2)16(3)18-19(20(22)23-18)25(7,8)9/h12,16-19H,1-2,13-14H2,3-11H3/t16-,17-,18?,19?/m0/s1. The Kier molecular flexibility index (Phi) is 7.33. The van der Waals surface area contributed by atoms with Crippen LogP contribution in [0.4, 0.5) is 0 Å². The number of hydrogen-bond acceptors (Lipinski definition) is 3. The van der Waals surface area contributed by atoms with E-state index in [4.69, 9.17) is 9.16 Å². The van der Waals surface area contributed by atoms with Crippen LogP contribution >= 0.6 is 0 Å². The van der Waals surface area contributed by atoms with Gasteiger partial charge in [-0.05, 0) is 31.0 Å². The van der Waals surface area contributed by atoms with E-state index < -0.39 is 16.4 Å². The number of rotatable bonds is 9. The molecule has 1 heterocycles. The van der Waals surface area contributed by atoms with Crippen LogP contribution in [-0.2, 0) is 14.0 Å². The van der Waals surface area contributed by atoms with E-state index in [0.29, 0.717) is 0 Å². The molecular weight excluding hydrogens is 356 g/mol. The van der Waals surface area contributed by atoms with Crippen molar-refractivity contribution in [2.75, 3.05) is 0 Å². The van der Waals surface area contributed by atoms with Gasteiger partial charge in [0.25, 0.3) is 0 Å². The molecule has 2 unspecified atom stereocenters. The molecule has 1 aliphatic heterocycles. The average molecular weight is 397 g/mol. The van der Waals surface area contributed by atoms with Crippen LogP contribution in [0.5, 0.6) is 0 Å². The first kappa shape index (κ1) is 23.4. The number of ether oxygens (including phenoxy) is 1.